The third kappa shape index (κ3) is 4.74. The van der Waals surface area contributed by atoms with Crippen LogP contribution in [0.15, 0.2) is 83.3 Å². The molecule has 0 spiro atoms. The molecular weight excluding hydrogens is 466 g/mol. The number of halogens is 2. The molecule has 3 aromatic rings. The molecule has 154 valence electrons. The van der Waals surface area contributed by atoms with Crippen LogP contribution in [0.25, 0.3) is 0 Å². The van der Waals surface area contributed by atoms with E-state index in [4.69, 9.17) is 11.6 Å². The largest absolute Gasteiger partial charge is 0.480 e. The second-order valence-corrected chi connectivity index (χ2v) is 8.45. The quantitative estimate of drug-likeness (QED) is 0.481. The summed E-state index contributed by atoms with van der Waals surface area (Å²) in [4.78, 5) is 25.5. The van der Waals surface area contributed by atoms with Gasteiger partial charge in [-0.15, -0.1) is 0 Å². The predicted octanol–water partition coefficient (Wildman–Crippen LogP) is 5.22. The predicted molar refractivity (Wildman–Crippen MR) is 122 cm³/mol. The molecule has 0 bridgehead atoms. The van der Waals surface area contributed by atoms with E-state index in [0.29, 0.717) is 10.6 Å². The van der Waals surface area contributed by atoms with Crippen molar-refractivity contribution in [1.29, 1.82) is 0 Å². The fourth-order valence-electron chi connectivity index (χ4n) is 3.39. The maximum Gasteiger partial charge on any atom is 0.326 e. The molecule has 0 saturated heterocycles. The Balaban J connectivity index is 1.96. The van der Waals surface area contributed by atoms with Crippen molar-refractivity contribution in [3.8, 4) is 0 Å². The van der Waals surface area contributed by atoms with Gasteiger partial charge in [0.15, 0.2) is 0 Å². The lowest BCUT2D eigenvalue weighted by atomic mass is 9.75. The molecular formula is C24H21BrClNO3. The van der Waals surface area contributed by atoms with Crippen LogP contribution in [0.5, 0.6) is 0 Å². The number of hydrogen-bond donors (Lipinski definition) is 2. The molecule has 0 aliphatic rings. The van der Waals surface area contributed by atoms with Gasteiger partial charge in [0.25, 0.3) is 0 Å². The molecule has 0 aromatic heterocycles. The van der Waals surface area contributed by atoms with Gasteiger partial charge in [0, 0.05) is 15.9 Å². The highest BCUT2D eigenvalue weighted by Gasteiger charge is 2.39. The minimum Gasteiger partial charge on any atom is -0.480 e. The molecule has 4 nitrogen and oxygen atoms in total. The van der Waals surface area contributed by atoms with E-state index in [1.54, 1.807) is 25.1 Å². The SMILES string of the molecule is CC(C(=O)N[C@@H](Cc1cc(Cl)ccc1Br)C(=O)O)(c1ccccc1)c1ccccc1. The van der Waals surface area contributed by atoms with Crippen LogP contribution in [0.4, 0.5) is 0 Å². The van der Waals surface area contributed by atoms with Gasteiger partial charge in [-0.3, -0.25) is 4.79 Å². The van der Waals surface area contributed by atoms with Crippen molar-refractivity contribution in [2.24, 2.45) is 0 Å². The summed E-state index contributed by atoms with van der Waals surface area (Å²) in [5, 5.41) is 13.0. The van der Waals surface area contributed by atoms with Crippen LogP contribution in [0.3, 0.4) is 0 Å². The third-order valence-electron chi connectivity index (χ3n) is 5.19. The van der Waals surface area contributed by atoms with Crippen LogP contribution >= 0.6 is 27.5 Å². The molecule has 0 aliphatic carbocycles. The summed E-state index contributed by atoms with van der Waals surface area (Å²) in [5.41, 5.74) is 1.21. The van der Waals surface area contributed by atoms with E-state index in [1.165, 1.54) is 0 Å². The Morgan fingerprint density at radius 2 is 1.53 bits per heavy atom. The van der Waals surface area contributed by atoms with Crippen molar-refractivity contribution in [3.05, 3.63) is 105 Å². The molecule has 1 atom stereocenters. The highest BCUT2D eigenvalue weighted by molar-refractivity contribution is 9.10. The van der Waals surface area contributed by atoms with E-state index < -0.39 is 17.4 Å². The molecule has 3 aromatic carbocycles. The zero-order valence-corrected chi connectivity index (χ0v) is 18.7. The van der Waals surface area contributed by atoms with Gasteiger partial charge in [-0.25, -0.2) is 4.79 Å². The third-order valence-corrected chi connectivity index (χ3v) is 6.20. The molecule has 0 heterocycles. The second kappa shape index (κ2) is 9.45. The molecule has 0 fully saturated rings. The maximum absolute atomic E-state index is 13.5. The van der Waals surface area contributed by atoms with Crippen LogP contribution in [0.1, 0.15) is 23.6 Å². The van der Waals surface area contributed by atoms with Crippen molar-refractivity contribution in [2.45, 2.75) is 24.8 Å². The number of benzene rings is 3. The minimum atomic E-state index is -1.11. The molecule has 3 rings (SSSR count). The number of aliphatic carboxylic acids is 1. The fraction of sp³-hybridized carbons (Fsp3) is 0.167. The first-order chi connectivity index (χ1) is 14.3. The van der Waals surface area contributed by atoms with Crippen molar-refractivity contribution < 1.29 is 14.7 Å². The Hall–Kier alpha value is -2.63. The maximum atomic E-state index is 13.5. The number of carboxylic acids is 1. The van der Waals surface area contributed by atoms with Crippen LogP contribution in [0, 0.1) is 0 Å². The van der Waals surface area contributed by atoms with Crippen LogP contribution in [-0.2, 0) is 21.4 Å². The van der Waals surface area contributed by atoms with Crippen molar-refractivity contribution in [2.75, 3.05) is 0 Å². The summed E-state index contributed by atoms with van der Waals surface area (Å²) in [5.74, 6) is -1.50. The standard InChI is InChI=1S/C24H21BrClNO3/c1-24(17-8-4-2-5-9-17,18-10-6-3-7-11-18)23(30)27-21(22(28)29)15-16-14-19(26)12-13-20(16)25/h2-14,21H,15H2,1H3,(H,27,30)(H,28,29)/t21-/m0/s1. The molecule has 1 amide bonds. The van der Waals surface area contributed by atoms with Gasteiger partial charge >= 0.3 is 5.97 Å². The number of rotatable bonds is 7. The monoisotopic (exact) mass is 485 g/mol. The van der Waals surface area contributed by atoms with E-state index in [9.17, 15) is 14.7 Å². The second-order valence-electron chi connectivity index (χ2n) is 7.16. The molecule has 0 radical (unpaired) electrons. The summed E-state index contributed by atoms with van der Waals surface area (Å²) in [6.07, 6.45) is 0.0991. The summed E-state index contributed by atoms with van der Waals surface area (Å²) in [6, 6.07) is 22.7. The number of carboxylic acid groups (broad SMARTS) is 1. The summed E-state index contributed by atoms with van der Waals surface area (Å²) < 4.78 is 0.737. The Morgan fingerprint density at radius 3 is 2.03 bits per heavy atom. The fourth-order valence-corrected chi connectivity index (χ4v) is 4.00. The topological polar surface area (TPSA) is 66.4 Å². The van der Waals surface area contributed by atoms with Crippen molar-refractivity contribution in [1.82, 2.24) is 5.32 Å². The summed E-state index contributed by atoms with van der Waals surface area (Å²) >= 11 is 9.49. The summed E-state index contributed by atoms with van der Waals surface area (Å²) in [6.45, 7) is 1.81. The Bertz CT molecular complexity index is 1000. The number of carbonyl (C=O) groups excluding carboxylic acids is 1. The molecule has 0 saturated carbocycles. The normalized spacial score (nSPS) is 12.2. The van der Waals surface area contributed by atoms with Crippen LogP contribution in [0.2, 0.25) is 5.02 Å². The van der Waals surface area contributed by atoms with E-state index in [2.05, 4.69) is 21.2 Å². The first kappa shape index (κ1) is 22.1. The lowest BCUT2D eigenvalue weighted by Crippen LogP contribution is -2.50. The Labute approximate surface area is 189 Å². The smallest absolute Gasteiger partial charge is 0.326 e. The van der Waals surface area contributed by atoms with Gasteiger partial charge < -0.3 is 10.4 Å². The zero-order valence-electron chi connectivity index (χ0n) is 16.3. The van der Waals surface area contributed by atoms with E-state index in [0.717, 1.165) is 15.6 Å². The van der Waals surface area contributed by atoms with Crippen molar-refractivity contribution >= 4 is 39.4 Å². The molecule has 30 heavy (non-hydrogen) atoms. The highest BCUT2D eigenvalue weighted by Crippen LogP contribution is 2.32. The first-order valence-corrected chi connectivity index (χ1v) is 10.6. The number of amides is 1. The van der Waals surface area contributed by atoms with Gasteiger partial charge in [-0.1, -0.05) is 88.2 Å². The van der Waals surface area contributed by atoms with Crippen LogP contribution < -0.4 is 5.32 Å². The van der Waals surface area contributed by atoms with Crippen molar-refractivity contribution in [3.63, 3.8) is 0 Å². The minimum absolute atomic E-state index is 0.0991. The Morgan fingerprint density at radius 1 is 1.00 bits per heavy atom. The van der Waals surface area contributed by atoms with Gasteiger partial charge in [0.2, 0.25) is 5.91 Å². The van der Waals surface area contributed by atoms with Gasteiger partial charge in [-0.05, 0) is 41.8 Å². The van der Waals surface area contributed by atoms with Gasteiger partial charge in [-0.2, -0.15) is 0 Å². The molecule has 6 heteroatoms. The number of nitrogens with one attached hydrogen (secondary N) is 1. The first-order valence-electron chi connectivity index (χ1n) is 9.41. The zero-order chi connectivity index (χ0) is 21.7. The van der Waals surface area contributed by atoms with E-state index >= 15 is 0 Å². The van der Waals surface area contributed by atoms with Gasteiger partial charge in [0.05, 0.1) is 5.41 Å². The molecule has 0 unspecified atom stereocenters. The van der Waals surface area contributed by atoms with E-state index in [1.807, 2.05) is 60.7 Å². The van der Waals surface area contributed by atoms with E-state index in [-0.39, 0.29) is 12.3 Å². The number of carbonyl (C=O) groups is 2. The average Bonchev–Trinajstić information content (AvgIpc) is 2.76. The van der Waals surface area contributed by atoms with Gasteiger partial charge in [0.1, 0.15) is 6.04 Å². The lowest BCUT2D eigenvalue weighted by Gasteiger charge is -2.31. The molecule has 0 aliphatic heterocycles. The lowest BCUT2D eigenvalue weighted by molar-refractivity contribution is -0.142. The average molecular weight is 487 g/mol. The molecule has 2 N–H and O–H groups in total. The Kier molecular flexibility index (Phi) is 6.95. The number of hydrogen-bond acceptors (Lipinski definition) is 2. The van der Waals surface area contributed by atoms with Crippen LogP contribution in [-0.4, -0.2) is 23.0 Å². The highest BCUT2D eigenvalue weighted by atomic mass is 79.9. The summed E-state index contributed by atoms with van der Waals surface area (Å²) in [7, 11) is 0.